The van der Waals surface area contributed by atoms with Gasteiger partial charge in [-0.1, -0.05) is 41.9 Å². The Morgan fingerprint density at radius 2 is 1.54 bits per heavy atom. The molecule has 0 saturated heterocycles. The van der Waals surface area contributed by atoms with Gasteiger partial charge in [0.05, 0.1) is 13.0 Å². The van der Waals surface area contributed by atoms with Crippen molar-refractivity contribution in [1.82, 2.24) is 10.6 Å². The first-order chi connectivity index (χ1) is 12.6. The van der Waals surface area contributed by atoms with Crippen LogP contribution in [0.25, 0.3) is 0 Å². The van der Waals surface area contributed by atoms with Crippen molar-refractivity contribution >= 4 is 23.4 Å². The maximum Gasteiger partial charge on any atom is 0.224 e. The van der Waals surface area contributed by atoms with Crippen LogP contribution in [-0.2, 0) is 16.0 Å². The molecule has 6 heteroatoms. The van der Waals surface area contributed by atoms with Crippen molar-refractivity contribution in [2.75, 3.05) is 19.7 Å². The van der Waals surface area contributed by atoms with Gasteiger partial charge in [-0.05, 0) is 36.2 Å². The molecule has 5 nitrogen and oxygen atoms in total. The number of carbonyl (C=O) groups excluding carboxylic acids is 2. The lowest BCUT2D eigenvalue weighted by Crippen LogP contribution is -2.35. The van der Waals surface area contributed by atoms with E-state index in [1.54, 1.807) is 12.1 Å². The number of hydrogen-bond donors (Lipinski definition) is 2. The van der Waals surface area contributed by atoms with E-state index in [4.69, 9.17) is 16.3 Å². The molecule has 138 valence electrons. The normalized spacial score (nSPS) is 10.2. The fraction of sp³-hybridized carbons (Fsp3) is 0.300. The molecule has 2 aromatic carbocycles. The van der Waals surface area contributed by atoms with Crippen LogP contribution < -0.4 is 15.4 Å². The van der Waals surface area contributed by atoms with Gasteiger partial charge in [-0.3, -0.25) is 9.59 Å². The first-order valence-electron chi connectivity index (χ1n) is 8.59. The molecular weight excluding hydrogens is 352 g/mol. The number of carbonyl (C=O) groups is 2. The molecular formula is C20H23ClN2O3. The Bertz CT molecular complexity index is 690. The minimum absolute atomic E-state index is 0.0476. The van der Waals surface area contributed by atoms with Gasteiger partial charge in [-0.25, -0.2) is 0 Å². The fourth-order valence-electron chi connectivity index (χ4n) is 2.28. The summed E-state index contributed by atoms with van der Waals surface area (Å²) in [7, 11) is 0. The van der Waals surface area contributed by atoms with Crippen LogP contribution in [0.2, 0.25) is 5.02 Å². The third-order valence-electron chi connectivity index (χ3n) is 3.61. The molecule has 0 aliphatic carbocycles. The second-order valence-electron chi connectivity index (χ2n) is 5.77. The predicted octanol–water partition coefficient (Wildman–Crippen LogP) is 2.97. The highest BCUT2D eigenvalue weighted by molar-refractivity contribution is 6.30. The summed E-state index contributed by atoms with van der Waals surface area (Å²) >= 11 is 5.81. The molecule has 0 aliphatic heterocycles. The lowest BCUT2D eigenvalue weighted by atomic mass is 10.1. The molecule has 2 aromatic rings. The van der Waals surface area contributed by atoms with Crippen molar-refractivity contribution in [3.05, 3.63) is 65.2 Å². The number of nitrogens with one attached hydrogen (secondary N) is 2. The van der Waals surface area contributed by atoms with Gasteiger partial charge in [0.25, 0.3) is 0 Å². The van der Waals surface area contributed by atoms with E-state index in [2.05, 4.69) is 10.6 Å². The van der Waals surface area contributed by atoms with Crippen LogP contribution in [0, 0.1) is 0 Å². The van der Waals surface area contributed by atoms with E-state index in [0.29, 0.717) is 44.0 Å². The molecule has 0 bridgehead atoms. The molecule has 0 aromatic heterocycles. The van der Waals surface area contributed by atoms with Crippen LogP contribution in [0.15, 0.2) is 54.6 Å². The summed E-state index contributed by atoms with van der Waals surface area (Å²) < 4.78 is 5.53. The average Bonchev–Trinajstić information content (AvgIpc) is 2.65. The molecule has 2 N–H and O–H groups in total. The van der Waals surface area contributed by atoms with Crippen molar-refractivity contribution < 1.29 is 14.3 Å². The van der Waals surface area contributed by atoms with Crippen LogP contribution in [0.1, 0.15) is 18.4 Å². The third kappa shape index (κ3) is 8.03. The molecule has 0 saturated carbocycles. The average molecular weight is 375 g/mol. The number of benzene rings is 2. The lowest BCUT2D eigenvalue weighted by molar-refractivity contribution is -0.122. The minimum Gasteiger partial charge on any atom is -0.494 e. The second kappa shape index (κ2) is 11.2. The summed E-state index contributed by atoms with van der Waals surface area (Å²) in [6, 6.07) is 16.7. The molecule has 0 unspecified atom stereocenters. The monoisotopic (exact) mass is 374 g/mol. The Hall–Kier alpha value is -2.53. The largest absolute Gasteiger partial charge is 0.494 e. The van der Waals surface area contributed by atoms with E-state index < -0.39 is 0 Å². The summed E-state index contributed by atoms with van der Waals surface area (Å²) in [5.74, 6) is 0.669. The summed E-state index contributed by atoms with van der Waals surface area (Å²) in [5.41, 5.74) is 0.898. The first kappa shape index (κ1) is 19.8. The number of hydrogen-bond acceptors (Lipinski definition) is 3. The molecule has 26 heavy (non-hydrogen) atoms. The number of amides is 2. The molecule has 2 amide bonds. The zero-order valence-corrected chi connectivity index (χ0v) is 15.3. The number of rotatable bonds is 10. The summed E-state index contributed by atoms with van der Waals surface area (Å²) in [6.07, 6.45) is 1.33. The van der Waals surface area contributed by atoms with E-state index in [-0.39, 0.29) is 11.8 Å². The van der Waals surface area contributed by atoms with Crippen LogP contribution >= 0.6 is 11.6 Å². The quantitative estimate of drug-likeness (QED) is 0.628. The zero-order valence-electron chi connectivity index (χ0n) is 14.5. The van der Waals surface area contributed by atoms with Crippen molar-refractivity contribution in [3.63, 3.8) is 0 Å². The molecule has 0 spiro atoms. The van der Waals surface area contributed by atoms with Crippen molar-refractivity contribution in [2.24, 2.45) is 0 Å². The van der Waals surface area contributed by atoms with E-state index >= 15 is 0 Å². The highest BCUT2D eigenvalue weighted by Gasteiger charge is 2.04. The predicted molar refractivity (Wildman–Crippen MR) is 102 cm³/mol. The minimum atomic E-state index is -0.0853. The van der Waals surface area contributed by atoms with Gasteiger partial charge in [0.2, 0.25) is 11.8 Å². The zero-order chi connectivity index (χ0) is 18.6. The summed E-state index contributed by atoms with van der Waals surface area (Å²) in [5, 5.41) is 6.20. The number of para-hydroxylation sites is 1. The van der Waals surface area contributed by atoms with Gasteiger partial charge in [0.15, 0.2) is 0 Å². The van der Waals surface area contributed by atoms with Crippen molar-refractivity contribution in [2.45, 2.75) is 19.3 Å². The van der Waals surface area contributed by atoms with Crippen LogP contribution in [0.5, 0.6) is 5.75 Å². The molecule has 0 radical (unpaired) electrons. The first-order valence-corrected chi connectivity index (χ1v) is 8.97. The highest BCUT2D eigenvalue weighted by atomic mass is 35.5. The van der Waals surface area contributed by atoms with Gasteiger partial charge >= 0.3 is 0 Å². The maximum atomic E-state index is 11.8. The Morgan fingerprint density at radius 3 is 2.23 bits per heavy atom. The highest BCUT2D eigenvalue weighted by Crippen LogP contribution is 2.10. The molecule has 0 aliphatic rings. The van der Waals surface area contributed by atoms with E-state index in [1.165, 1.54) is 0 Å². The van der Waals surface area contributed by atoms with Gasteiger partial charge in [-0.15, -0.1) is 0 Å². The van der Waals surface area contributed by atoms with Crippen molar-refractivity contribution in [3.8, 4) is 5.75 Å². The van der Waals surface area contributed by atoms with Crippen LogP contribution in [0.3, 0.4) is 0 Å². The fourth-order valence-corrected chi connectivity index (χ4v) is 2.41. The third-order valence-corrected chi connectivity index (χ3v) is 3.86. The Morgan fingerprint density at radius 1 is 0.885 bits per heavy atom. The number of halogens is 1. The van der Waals surface area contributed by atoms with Crippen molar-refractivity contribution in [1.29, 1.82) is 0 Å². The molecule has 0 atom stereocenters. The topological polar surface area (TPSA) is 67.4 Å². The SMILES string of the molecule is O=C(CCCOc1ccccc1)NCCNC(=O)Cc1ccc(Cl)cc1. The molecule has 0 fully saturated rings. The Kier molecular flexibility index (Phi) is 8.49. The summed E-state index contributed by atoms with van der Waals surface area (Å²) in [6.45, 7) is 1.30. The molecule has 0 heterocycles. The number of ether oxygens (including phenoxy) is 1. The van der Waals surface area contributed by atoms with Gasteiger partial charge < -0.3 is 15.4 Å². The lowest BCUT2D eigenvalue weighted by Gasteiger charge is -2.08. The van der Waals surface area contributed by atoms with Crippen LogP contribution in [0.4, 0.5) is 0 Å². The second-order valence-corrected chi connectivity index (χ2v) is 6.20. The summed E-state index contributed by atoms with van der Waals surface area (Å²) in [4.78, 5) is 23.5. The molecule has 2 rings (SSSR count). The Balaban J connectivity index is 1.50. The van der Waals surface area contributed by atoms with Gasteiger partial charge in [0, 0.05) is 24.5 Å². The van der Waals surface area contributed by atoms with E-state index in [1.807, 2.05) is 42.5 Å². The van der Waals surface area contributed by atoms with Gasteiger partial charge in [0.1, 0.15) is 5.75 Å². The standard InChI is InChI=1S/C20H23ClN2O3/c21-17-10-8-16(9-11-17)15-20(25)23-13-12-22-19(24)7-4-14-26-18-5-2-1-3-6-18/h1-3,5-6,8-11H,4,7,12-15H2,(H,22,24)(H,23,25). The smallest absolute Gasteiger partial charge is 0.224 e. The van der Waals surface area contributed by atoms with E-state index in [0.717, 1.165) is 11.3 Å². The van der Waals surface area contributed by atoms with Gasteiger partial charge in [-0.2, -0.15) is 0 Å². The van der Waals surface area contributed by atoms with E-state index in [9.17, 15) is 9.59 Å². The Labute approximate surface area is 158 Å². The maximum absolute atomic E-state index is 11.8. The van der Waals surface area contributed by atoms with Crippen LogP contribution in [-0.4, -0.2) is 31.5 Å².